The van der Waals surface area contributed by atoms with Crippen LogP contribution in [0.5, 0.6) is 5.75 Å². The van der Waals surface area contributed by atoms with Crippen LogP contribution < -0.4 is 4.74 Å². The van der Waals surface area contributed by atoms with Crippen LogP contribution in [0.2, 0.25) is 0 Å². The molecule has 190 valence electrons. The van der Waals surface area contributed by atoms with Crippen LogP contribution in [0.15, 0.2) is 54.6 Å². The predicted molar refractivity (Wildman–Crippen MR) is 127 cm³/mol. The summed E-state index contributed by atoms with van der Waals surface area (Å²) in [6.07, 6.45) is -0.791. The Balaban J connectivity index is 1.66. The van der Waals surface area contributed by atoms with E-state index >= 15 is 0 Å². The molecule has 2 aromatic carbocycles. The summed E-state index contributed by atoms with van der Waals surface area (Å²) in [6, 6.07) is 15.9. The Morgan fingerprint density at radius 1 is 0.971 bits per heavy atom. The first-order chi connectivity index (χ1) is 16.7. The van der Waals surface area contributed by atoms with Gasteiger partial charge in [-0.25, -0.2) is 0 Å². The monoisotopic (exact) mass is 490 g/mol. The van der Waals surface area contributed by atoms with Gasteiger partial charge in [0, 0.05) is 32.2 Å². The summed E-state index contributed by atoms with van der Waals surface area (Å²) in [5.74, 6) is -0.392. The first-order valence-electron chi connectivity index (χ1n) is 12.3. The molecule has 35 heavy (non-hydrogen) atoms. The third-order valence-corrected chi connectivity index (χ3v) is 7.71. The summed E-state index contributed by atoms with van der Waals surface area (Å²) in [7, 11) is 0. The topological polar surface area (TPSA) is 53.0 Å². The van der Waals surface area contributed by atoms with Gasteiger partial charge in [-0.05, 0) is 43.0 Å². The van der Waals surface area contributed by atoms with E-state index in [0.29, 0.717) is 44.6 Å². The number of hydrogen-bond donors (Lipinski definition) is 1. The number of carbonyl (C=O) groups is 1. The van der Waals surface area contributed by atoms with Crippen molar-refractivity contribution in [2.45, 2.75) is 62.6 Å². The number of rotatable bonds is 7. The lowest BCUT2D eigenvalue weighted by Crippen LogP contribution is -2.67. The number of alkyl halides is 3. The molecule has 1 aliphatic carbocycles. The molecule has 0 bridgehead atoms. The molecule has 8 heteroatoms. The molecule has 0 aromatic heterocycles. The van der Waals surface area contributed by atoms with Crippen LogP contribution in [0.4, 0.5) is 13.2 Å². The van der Waals surface area contributed by atoms with E-state index in [0.717, 1.165) is 25.5 Å². The van der Waals surface area contributed by atoms with Crippen molar-refractivity contribution in [3.05, 3.63) is 65.7 Å². The highest BCUT2D eigenvalue weighted by atomic mass is 19.4. The second-order valence-electron chi connectivity index (χ2n) is 9.66. The van der Waals surface area contributed by atoms with Crippen LogP contribution in [0, 0.1) is 0 Å². The van der Waals surface area contributed by atoms with Gasteiger partial charge in [0.15, 0.2) is 0 Å². The van der Waals surface area contributed by atoms with Crippen molar-refractivity contribution in [1.82, 2.24) is 9.80 Å². The number of carbonyl (C=O) groups excluding carboxylic acids is 1. The SMILES string of the molecule is C[C@H](c1ccccc1)N1CCN([C@](C=O)(c2cccc(OC(F)(F)F)c2)C2(O)CCCCC2)CC1. The molecule has 1 aliphatic heterocycles. The Hall–Kier alpha value is -2.42. The molecule has 0 radical (unpaired) electrons. The van der Waals surface area contributed by atoms with Gasteiger partial charge in [-0.2, -0.15) is 0 Å². The predicted octanol–water partition coefficient (Wildman–Crippen LogP) is 5.05. The van der Waals surface area contributed by atoms with Crippen molar-refractivity contribution in [2.75, 3.05) is 26.2 Å². The smallest absolute Gasteiger partial charge is 0.406 e. The van der Waals surface area contributed by atoms with E-state index in [1.807, 2.05) is 23.1 Å². The Labute approximate surface area is 204 Å². The molecular weight excluding hydrogens is 457 g/mol. The highest BCUT2D eigenvalue weighted by Crippen LogP contribution is 2.47. The molecule has 0 spiro atoms. The lowest BCUT2D eigenvalue weighted by Gasteiger charge is -2.54. The number of ether oxygens (including phenoxy) is 1. The van der Waals surface area contributed by atoms with Crippen molar-refractivity contribution >= 4 is 6.29 Å². The van der Waals surface area contributed by atoms with E-state index in [9.17, 15) is 23.1 Å². The van der Waals surface area contributed by atoms with Crippen LogP contribution in [0.1, 0.15) is 56.2 Å². The number of piperazine rings is 1. The average Bonchev–Trinajstić information content (AvgIpc) is 2.85. The minimum absolute atomic E-state index is 0.185. The Morgan fingerprint density at radius 2 is 1.63 bits per heavy atom. The molecule has 0 amide bonds. The molecule has 4 rings (SSSR count). The van der Waals surface area contributed by atoms with E-state index in [2.05, 4.69) is 28.7 Å². The highest BCUT2D eigenvalue weighted by Gasteiger charge is 2.56. The van der Waals surface area contributed by atoms with Gasteiger partial charge < -0.3 is 14.6 Å². The van der Waals surface area contributed by atoms with Crippen LogP contribution >= 0.6 is 0 Å². The third-order valence-electron chi connectivity index (χ3n) is 7.71. The second-order valence-corrected chi connectivity index (χ2v) is 9.66. The van der Waals surface area contributed by atoms with E-state index in [-0.39, 0.29) is 6.04 Å². The molecule has 5 nitrogen and oxygen atoms in total. The number of hydrogen-bond acceptors (Lipinski definition) is 5. The van der Waals surface area contributed by atoms with Crippen LogP contribution in [0.3, 0.4) is 0 Å². The van der Waals surface area contributed by atoms with Gasteiger partial charge in [-0.1, -0.05) is 61.7 Å². The summed E-state index contributed by atoms with van der Waals surface area (Å²) < 4.78 is 43.0. The van der Waals surface area contributed by atoms with Gasteiger partial charge in [0.05, 0.1) is 5.60 Å². The third kappa shape index (κ3) is 5.25. The number of nitrogens with zero attached hydrogens (tertiary/aromatic N) is 2. The fourth-order valence-electron chi connectivity index (χ4n) is 5.85. The largest absolute Gasteiger partial charge is 0.573 e. The molecule has 2 aromatic rings. The standard InChI is InChI=1S/C27H33F3N2O3/c1-21(22-9-4-2-5-10-22)31-15-17-32(18-16-31)26(20-33,25(34)13-6-3-7-14-25)23-11-8-12-24(19-23)35-27(28,29)30/h2,4-5,8-12,19-21,34H,3,6-7,13-18H2,1H3/t21-,26-/m1/s1. The maximum atomic E-state index is 13.0. The zero-order valence-electron chi connectivity index (χ0n) is 20.0. The minimum atomic E-state index is -4.84. The zero-order valence-corrected chi connectivity index (χ0v) is 20.0. The Kier molecular flexibility index (Phi) is 7.54. The van der Waals surface area contributed by atoms with Crippen molar-refractivity contribution in [1.29, 1.82) is 0 Å². The van der Waals surface area contributed by atoms with Crippen molar-refractivity contribution < 1.29 is 27.8 Å². The highest BCUT2D eigenvalue weighted by molar-refractivity contribution is 5.71. The number of benzene rings is 2. The summed E-state index contributed by atoms with van der Waals surface area (Å²) in [4.78, 5) is 17.3. The molecule has 1 saturated carbocycles. The van der Waals surface area contributed by atoms with Gasteiger partial charge in [0.1, 0.15) is 17.6 Å². The number of halogens is 3. The van der Waals surface area contributed by atoms with Crippen LogP contribution in [-0.4, -0.2) is 59.3 Å². The molecular formula is C27H33F3N2O3. The Bertz CT molecular complexity index is 987. The summed E-state index contributed by atoms with van der Waals surface area (Å²) >= 11 is 0. The lowest BCUT2D eigenvalue weighted by molar-refractivity contribution is -0.274. The fourth-order valence-corrected chi connectivity index (χ4v) is 5.85. The lowest BCUT2D eigenvalue weighted by atomic mass is 9.66. The maximum absolute atomic E-state index is 13.0. The zero-order chi connectivity index (χ0) is 25.1. The van der Waals surface area contributed by atoms with Gasteiger partial charge in [-0.15, -0.1) is 13.2 Å². The van der Waals surface area contributed by atoms with Gasteiger partial charge in [-0.3, -0.25) is 9.80 Å². The van der Waals surface area contributed by atoms with E-state index in [1.54, 1.807) is 6.07 Å². The van der Waals surface area contributed by atoms with Crippen LogP contribution in [-0.2, 0) is 10.3 Å². The van der Waals surface area contributed by atoms with E-state index in [1.165, 1.54) is 23.8 Å². The molecule has 2 atom stereocenters. The quantitative estimate of drug-likeness (QED) is 0.551. The minimum Gasteiger partial charge on any atom is -0.406 e. The van der Waals surface area contributed by atoms with Crippen molar-refractivity contribution in [3.63, 3.8) is 0 Å². The molecule has 1 N–H and O–H groups in total. The summed E-state index contributed by atoms with van der Waals surface area (Å²) in [5.41, 5.74) is -1.30. The number of aliphatic hydroxyl groups is 1. The van der Waals surface area contributed by atoms with Crippen LogP contribution in [0.25, 0.3) is 0 Å². The molecule has 2 aliphatic rings. The van der Waals surface area contributed by atoms with Crippen molar-refractivity contribution in [3.8, 4) is 5.75 Å². The molecule has 2 fully saturated rings. The first kappa shape index (κ1) is 25.7. The molecule has 1 saturated heterocycles. The van der Waals surface area contributed by atoms with Gasteiger partial charge in [0.2, 0.25) is 0 Å². The second kappa shape index (κ2) is 10.3. The molecule has 1 heterocycles. The maximum Gasteiger partial charge on any atom is 0.573 e. The van der Waals surface area contributed by atoms with Gasteiger partial charge in [0.25, 0.3) is 0 Å². The fraction of sp³-hybridized carbons (Fsp3) is 0.519. The van der Waals surface area contributed by atoms with Crippen molar-refractivity contribution in [2.24, 2.45) is 0 Å². The summed E-state index contributed by atoms with van der Waals surface area (Å²) in [5, 5.41) is 11.9. The van der Waals surface area contributed by atoms with E-state index in [4.69, 9.17) is 0 Å². The number of aldehydes is 1. The Morgan fingerprint density at radius 3 is 2.23 bits per heavy atom. The summed E-state index contributed by atoms with van der Waals surface area (Å²) in [6.45, 7) is 4.48. The molecule has 0 unspecified atom stereocenters. The average molecular weight is 491 g/mol. The normalized spacial score (nSPS) is 22.2. The van der Waals surface area contributed by atoms with Gasteiger partial charge >= 0.3 is 6.36 Å². The van der Waals surface area contributed by atoms with E-state index < -0.39 is 23.3 Å². The first-order valence-corrected chi connectivity index (χ1v) is 12.3.